The Morgan fingerprint density at radius 1 is 1.24 bits per heavy atom. The molecule has 112 valence electrons. The average Bonchev–Trinajstić information content (AvgIpc) is 2.74. The number of carbonyl (C=O) groups excluding carboxylic acids is 2. The summed E-state index contributed by atoms with van der Waals surface area (Å²) in [7, 11) is 0. The van der Waals surface area contributed by atoms with Gasteiger partial charge in [-0.1, -0.05) is 31.5 Å². The number of nitrogens with zero attached hydrogens (tertiary/aromatic N) is 1. The third kappa shape index (κ3) is 2.60. The Labute approximate surface area is 125 Å². The molecular formula is C17H22N2O2. The standard InChI is InChI=1S/C17H22N2O2/c1-2-17(9-6-10-17)12-18-14-11-15(20)19(16(14)21)13-7-4-3-5-8-13/h3-5,7-8,14,18H,2,6,9-12H2,1H3. The number of benzene rings is 1. The first kappa shape index (κ1) is 14.3. The van der Waals surface area contributed by atoms with Gasteiger partial charge in [0, 0.05) is 6.54 Å². The van der Waals surface area contributed by atoms with Gasteiger partial charge in [0.25, 0.3) is 5.91 Å². The summed E-state index contributed by atoms with van der Waals surface area (Å²) in [5.41, 5.74) is 1.02. The second kappa shape index (κ2) is 5.60. The van der Waals surface area contributed by atoms with Crippen LogP contribution < -0.4 is 10.2 Å². The van der Waals surface area contributed by atoms with Crippen molar-refractivity contribution < 1.29 is 9.59 Å². The second-order valence-electron chi connectivity index (χ2n) is 6.25. The summed E-state index contributed by atoms with van der Waals surface area (Å²) in [4.78, 5) is 25.9. The van der Waals surface area contributed by atoms with Gasteiger partial charge in [0.05, 0.1) is 18.2 Å². The number of hydrogen-bond acceptors (Lipinski definition) is 3. The number of rotatable bonds is 5. The second-order valence-corrected chi connectivity index (χ2v) is 6.25. The molecule has 0 aromatic heterocycles. The van der Waals surface area contributed by atoms with E-state index in [4.69, 9.17) is 0 Å². The van der Waals surface area contributed by atoms with Gasteiger partial charge in [0.15, 0.2) is 0 Å². The zero-order chi connectivity index (χ0) is 14.9. The van der Waals surface area contributed by atoms with Crippen molar-refractivity contribution in [1.29, 1.82) is 0 Å². The molecule has 1 aliphatic heterocycles. The lowest BCUT2D eigenvalue weighted by atomic mass is 9.67. The number of nitrogens with one attached hydrogen (secondary N) is 1. The Hall–Kier alpha value is -1.68. The van der Waals surface area contributed by atoms with E-state index >= 15 is 0 Å². The molecule has 1 heterocycles. The van der Waals surface area contributed by atoms with Crippen LogP contribution in [0.1, 0.15) is 39.0 Å². The fourth-order valence-electron chi connectivity index (χ4n) is 3.31. The highest BCUT2D eigenvalue weighted by Crippen LogP contribution is 2.43. The van der Waals surface area contributed by atoms with Gasteiger partial charge in [0.1, 0.15) is 0 Å². The van der Waals surface area contributed by atoms with Crippen molar-refractivity contribution in [3.8, 4) is 0 Å². The van der Waals surface area contributed by atoms with E-state index in [1.54, 1.807) is 12.1 Å². The lowest BCUT2D eigenvalue weighted by Gasteiger charge is -2.42. The molecule has 21 heavy (non-hydrogen) atoms. The number of para-hydroxylation sites is 1. The zero-order valence-electron chi connectivity index (χ0n) is 12.5. The molecule has 4 heteroatoms. The minimum Gasteiger partial charge on any atom is -0.305 e. The minimum absolute atomic E-state index is 0.108. The zero-order valence-corrected chi connectivity index (χ0v) is 12.5. The van der Waals surface area contributed by atoms with Crippen LogP contribution in [-0.2, 0) is 9.59 Å². The van der Waals surface area contributed by atoms with E-state index < -0.39 is 0 Å². The van der Waals surface area contributed by atoms with Crippen LogP contribution in [0.4, 0.5) is 5.69 Å². The average molecular weight is 286 g/mol. The maximum atomic E-state index is 12.5. The molecule has 1 atom stereocenters. The monoisotopic (exact) mass is 286 g/mol. The van der Waals surface area contributed by atoms with Crippen LogP contribution in [0.15, 0.2) is 30.3 Å². The molecule has 0 spiro atoms. The van der Waals surface area contributed by atoms with Gasteiger partial charge in [-0.2, -0.15) is 0 Å². The van der Waals surface area contributed by atoms with E-state index in [0.29, 0.717) is 11.1 Å². The van der Waals surface area contributed by atoms with Crippen molar-refractivity contribution in [1.82, 2.24) is 5.32 Å². The molecule has 1 aromatic carbocycles. The molecule has 1 unspecified atom stereocenters. The van der Waals surface area contributed by atoms with Crippen LogP contribution in [0, 0.1) is 5.41 Å². The molecule has 1 N–H and O–H groups in total. The Morgan fingerprint density at radius 3 is 2.52 bits per heavy atom. The number of anilines is 1. The van der Waals surface area contributed by atoms with Crippen molar-refractivity contribution in [2.75, 3.05) is 11.4 Å². The summed E-state index contributed by atoms with van der Waals surface area (Å²) in [6, 6.07) is 8.82. The van der Waals surface area contributed by atoms with Crippen LogP contribution >= 0.6 is 0 Å². The van der Waals surface area contributed by atoms with Gasteiger partial charge in [-0.15, -0.1) is 0 Å². The Morgan fingerprint density at radius 2 is 1.95 bits per heavy atom. The van der Waals surface area contributed by atoms with Crippen molar-refractivity contribution in [3.05, 3.63) is 30.3 Å². The normalized spacial score (nSPS) is 24.2. The summed E-state index contributed by atoms with van der Waals surface area (Å²) >= 11 is 0. The van der Waals surface area contributed by atoms with Gasteiger partial charge in [-0.25, -0.2) is 4.90 Å². The number of hydrogen-bond donors (Lipinski definition) is 1. The maximum Gasteiger partial charge on any atom is 0.251 e. The summed E-state index contributed by atoms with van der Waals surface area (Å²) in [5, 5.41) is 3.34. The van der Waals surface area contributed by atoms with E-state index in [-0.39, 0.29) is 24.3 Å². The van der Waals surface area contributed by atoms with Gasteiger partial charge >= 0.3 is 0 Å². The third-order valence-electron chi connectivity index (χ3n) is 5.05. The largest absolute Gasteiger partial charge is 0.305 e. The number of amides is 2. The topological polar surface area (TPSA) is 49.4 Å². The van der Waals surface area contributed by atoms with Crippen LogP contribution in [0.5, 0.6) is 0 Å². The molecule has 2 fully saturated rings. The smallest absolute Gasteiger partial charge is 0.251 e. The lowest BCUT2D eigenvalue weighted by molar-refractivity contribution is -0.121. The van der Waals surface area contributed by atoms with Crippen molar-refractivity contribution in [2.45, 2.75) is 45.1 Å². The van der Waals surface area contributed by atoms with E-state index in [0.717, 1.165) is 13.0 Å². The van der Waals surface area contributed by atoms with Gasteiger partial charge in [-0.3, -0.25) is 9.59 Å². The van der Waals surface area contributed by atoms with Crippen molar-refractivity contribution >= 4 is 17.5 Å². The summed E-state index contributed by atoms with van der Waals surface area (Å²) in [5.74, 6) is -0.223. The van der Waals surface area contributed by atoms with Crippen molar-refractivity contribution in [3.63, 3.8) is 0 Å². The fourth-order valence-corrected chi connectivity index (χ4v) is 3.31. The quantitative estimate of drug-likeness (QED) is 0.846. The Balaban J connectivity index is 1.66. The first-order chi connectivity index (χ1) is 10.2. The molecule has 4 nitrogen and oxygen atoms in total. The van der Waals surface area contributed by atoms with Gasteiger partial charge in [-0.05, 0) is 36.8 Å². The molecule has 1 aliphatic carbocycles. The van der Waals surface area contributed by atoms with E-state index in [1.165, 1.54) is 24.2 Å². The number of carbonyl (C=O) groups is 2. The van der Waals surface area contributed by atoms with Gasteiger partial charge in [0.2, 0.25) is 5.91 Å². The lowest BCUT2D eigenvalue weighted by Crippen LogP contribution is -2.46. The van der Waals surface area contributed by atoms with Crippen LogP contribution in [-0.4, -0.2) is 24.4 Å². The third-order valence-corrected chi connectivity index (χ3v) is 5.05. The molecule has 2 aliphatic rings. The maximum absolute atomic E-state index is 12.5. The van der Waals surface area contributed by atoms with Crippen LogP contribution in [0.25, 0.3) is 0 Å². The Bertz CT molecular complexity index is 531. The highest BCUT2D eigenvalue weighted by molar-refractivity contribution is 6.22. The highest BCUT2D eigenvalue weighted by atomic mass is 16.2. The van der Waals surface area contributed by atoms with Crippen LogP contribution in [0.2, 0.25) is 0 Å². The highest BCUT2D eigenvalue weighted by Gasteiger charge is 2.41. The Kier molecular flexibility index (Phi) is 3.81. The first-order valence-electron chi connectivity index (χ1n) is 7.80. The van der Waals surface area contributed by atoms with Crippen molar-refractivity contribution in [2.24, 2.45) is 5.41 Å². The molecular weight excluding hydrogens is 264 g/mol. The molecule has 1 saturated carbocycles. The first-order valence-corrected chi connectivity index (χ1v) is 7.80. The SMILES string of the molecule is CCC1(CNC2CC(=O)N(c3ccccc3)C2=O)CCC1. The van der Waals surface area contributed by atoms with Crippen LogP contribution in [0.3, 0.4) is 0 Å². The predicted molar refractivity (Wildman–Crippen MR) is 81.9 cm³/mol. The summed E-state index contributed by atoms with van der Waals surface area (Å²) < 4.78 is 0. The minimum atomic E-state index is -0.360. The van der Waals surface area contributed by atoms with E-state index in [2.05, 4.69) is 12.2 Å². The number of imide groups is 1. The molecule has 1 aromatic rings. The molecule has 3 rings (SSSR count). The van der Waals surface area contributed by atoms with E-state index in [1.807, 2.05) is 18.2 Å². The molecule has 2 amide bonds. The molecule has 1 saturated heterocycles. The predicted octanol–water partition coefficient (Wildman–Crippen LogP) is 2.49. The van der Waals surface area contributed by atoms with E-state index in [9.17, 15) is 9.59 Å². The van der Waals surface area contributed by atoms with Gasteiger partial charge < -0.3 is 5.32 Å². The molecule has 0 radical (unpaired) electrons. The summed E-state index contributed by atoms with van der Waals surface area (Å²) in [6.45, 7) is 3.05. The summed E-state index contributed by atoms with van der Waals surface area (Å²) in [6.07, 6.45) is 5.15. The fraction of sp³-hybridized carbons (Fsp3) is 0.529. The molecule has 0 bridgehead atoms.